The summed E-state index contributed by atoms with van der Waals surface area (Å²) in [5, 5.41) is 18.0. The van der Waals surface area contributed by atoms with Crippen molar-refractivity contribution < 1.29 is 14.7 Å². The molecule has 0 saturated carbocycles. The molecule has 2 rings (SSSR count). The minimum atomic E-state index is -0.927. The van der Waals surface area contributed by atoms with E-state index in [9.17, 15) is 9.59 Å². The zero-order valence-electron chi connectivity index (χ0n) is 10.5. The second-order valence-corrected chi connectivity index (χ2v) is 4.97. The van der Waals surface area contributed by atoms with Crippen molar-refractivity contribution >= 4 is 29.3 Å². The highest BCUT2D eigenvalue weighted by Crippen LogP contribution is 2.20. The molecule has 0 aliphatic heterocycles. The number of aromatic nitrogens is 2. The molecule has 1 aromatic heterocycles. The Balaban J connectivity index is 1.94. The van der Waals surface area contributed by atoms with E-state index in [1.165, 1.54) is 0 Å². The number of anilines is 1. The van der Waals surface area contributed by atoms with Crippen LogP contribution >= 0.6 is 11.8 Å². The first-order valence-electron chi connectivity index (χ1n) is 5.84. The summed E-state index contributed by atoms with van der Waals surface area (Å²) in [6, 6.07) is 9.18. The van der Waals surface area contributed by atoms with Gasteiger partial charge < -0.3 is 10.4 Å². The molecule has 104 valence electrons. The quantitative estimate of drug-likeness (QED) is 0.754. The lowest BCUT2D eigenvalue weighted by atomic mass is 10.1. The summed E-state index contributed by atoms with van der Waals surface area (Å²) in [5.41, 5.74) is 2.44. The Hall–Kier alpha value is -2.28. The number of nitrogens with one attached hydrogen (secondary N) is 2. The van der Waals surface area contributed by atoms with Gasteiger partial charge in [-0.3, -0.25) is 14.7 Å². The number of aliphatic carboxylic acids is 1. The van der Waals surface area contributed by atoms with Gasteiger partial charge in [-0.2, -0.15) is 5.10 Å². The van der Waals surface area contributed by atoms with Crippen molar-refractivity contribution in [2.75, 3.05) is 16.8 Å². The second-order valence-electron chi connectivity index (χ2n) is 3.99. The molecule has 1 heterocycles. The first-order valence-corrected chi connectivity index (χ1v) is 7.00. The van der Waals surface area contributed by atoms with Crippen LogP contribution in [0.2, 0.25) is 0 Å². The number of thioether (sulfide) groups is 1. The zero-order valence-corrected chi connectivity index (χ0v) is 11.3. The highest BCUT2D eigenvalue weighted by atomic mass is 32.2. The molecule has 0 unspecified atom stereocenters. The van der Waals surface area contributed by atoms with E-state index in [0.717, 1.165) is 23.0 Å². The Morgan fingerprint density at radius 3 is 2.85 bits per heavy atom. The molecule has 3 N–H and O–H groups in total. The minimum absolute atomic E-state index is 0.0817. The van der Waals surface area contributed by atoms with Gasteiger partial charge in [0, 0.05) is 17.4 Å². The fourth-order valence-electron chi connectivity index (χ4n) is 1.61. The number of carboxylic acids is 1. The number of benzene rings is 1. The number of carbonyl (C=O) groups excluding carboxylic acids is 1. The molecule has 0 aliphatic carbocycles. The van der Waals surface area contributed by atoms with Crippen LogP contribution in [0.3, 0.4) is 0 Å². The molecule has 0 aliphatic rings. The molecular weight excluding hydrogens is 278 g/mol. The average Bonchev–Trinajstić information content (AvgIpc) is 2.92. The van der Waals surface area contributed by atoms with Crippen LogP contribution in [-0.4, -0.2) is 38.7 Å². The summed E-state index contributed by atoms with van der Waals surface area (Å²) in [5.74, 6) is -1.12. The lowest BCUT2D eigenvalue weighted by Crippen LogP contribution is -2.15. The van der Waals surface area contributed by atoms with E-state index in [2.05, 4.69) is 15.5 Å². The van der Waals surface area contributed by atoms with Gasteiger partial charge in [0.1, 0.15) is 0 Å². The fraction of sp³-hybridized carbons (Fsp3) is 0.154. The van der Waals surface area contributed by atoms with Crippen molar-refractivity contribution in [3.63, 3.8) is 0 Å². The van der Waals surface area contributed by atoms with Gasteiger partial charge in [-0.1, -0.05) is 12.1 Å². The summed E-state index contributed by atoms with van der Waals surface area (Å²) < 4.78 is 0. The van der Waals surface area contributed by atoms with Gasteiger partial charge in [0.2, 0.25) is 5.91 Å². The highest BCUT2D eigenvalue weighted by Gasteiger charge is 2.06. The van der Waals surface area contributed by atoms with Gasteiger partial charge in [-0.15, -0.1) is 11.8 Å². The topological polar surface area (TPSA) is 95.1 Å². The van der Waals surface area contributed by atoms with Gasteiger partial charge in [-0.25, -0.2) is 0 Å². The largest absolute Gasteiger partial charge is 0.481 e. The van der Waals surface area contributed by atoms with Gasteiger partial charge in [-0.05, 0) is 18.2 Å². The van der Waals surface area contributed by atoms with E-state index in [-0.39, 0.29) is 17.4 Å². The molecule has 7 heteroatoms. The lowest BCUT2D eigenvalue weighted by molar-refractivity contribution is -0.133. The van der Waals surface area contributed by atoms with Crippen LogP contribution in [0, 0.1) is 0 Å². The average molecular weight is 291 g/mol. The van der Waals surface area contributed by atoms with Crippen molar-refractivity contribution in [3.8, 4) is 11.3 Å². The third kappa shape index (κ3) is 4.13. The first-order chi connectivity index (χ1) is 9.65. The van der Waals surface area contributed by atoms with Crippen LogP contribution < -0.4 is 5.32 Å². The third-order valence-corrected chi connectivity index (χ3v) is 3.33. The predicted molar refractivity (Wildman–Crippen MR) is 77.6 cm³/mol. The van der Waals surface area contributed by atoms with Crippen molar-refractivity contribution in [2.45, 2.75) is 0 Å². The van der Waals surface area contributed by atoms with Crippen LogP contribution in [-0.2, 0) is 9.59 Å². The van der Waals surface area contributed by atoms with E-state index in [1.54, 1.807) is 12.3 Å². The Kier molecular flexibility index (Phi) is 4.78. The second kappa shape index (κ2) is 6.76. The van der Waals surface area contributed by atoms with Gasteiger partial charge >= 0.3 is 5.97 Å². The number of aromatic amines is 1. The maximum absolute atomic E-state index is 11.6. The highest BCUT2D eigenvalue weighted by molar-refractivity contribution is 8.00. The Morgan fingerprint density at radius 1 is 1.30 bits per heavy atom. The number of carbonyl (C=O) groups is 2. The molecule has 0 saturated heterocycles. The van der Waals surface area contributed by atoms with Crippen molar-refractivity contribution in [3.05, 3.63) is 36.5 Å². The number of amides is 1. The number of hydrogen-bond donors (Lipinski definition) is 3. The van der Waals surface area contributed by atoms with Gasteiger partial charge in [0.15, 0.2) is 0 Å². The van der Waals surface area contributed by atoms with Crippen molar-refractivity contribution in [2.24, 2.45) is 0 Å². The number of carboxylic acid groups (broad SMARTS) is 1. The van der Waals surface area contributed by atoms with E-state index in [1.807, 2.05) is 24.3 Å². The number of hydrogen-bond acceptors (Lipinski definition) is 4. The molecule has 2 aromatic rings. The molecule has 1 amide bonds. The number of nitrogens with zero attached hydrogens (tertiary/aromatic N) is 1. The van der Waals surface area contributed by atoms with E-state index in [0.29, 0.717) is 5.69 Å². The molecule has 6 nitrogen and oxygen atoms in total. The normalized spacial score (nSPS) is 10.2. The van der Waals surface area contributed by atoms with Gasteiger partial charge in [0.05, 0.1) is 17.2 Å². The standard InChI is InChI=1S/C13H13N3O3S/c17-12(7-20-8-13(18)19)15-10-3-1-2-9(6-10)11-4-5-14-16-11/h1-6H,7-8H2,(H,14,16)(H,15,17)(H,18,19). The monoisotopic (exact) mass is 291 g/mol. The summed E-state index contributed by atoms with van der Waals surface area (Å²) in [4.78, 5) is 22.0. The number of rotatable bonds is 6. The first kappa shape index (κ1) is 14.1. The molecule has 0 fully saturated rings. The maximum Gasteiger partial charge on any atom is 0.313 e. The molecule has 0 bridgehead atoms. The summed E-state index contributed by atoms with van der Waals surface area (Å²) in [6.45, 7) is 0. The molecule has 20 heavy (non-hydrogen) atoms. The van der Waals surface area contributed by atoms with Crippen LogP contribution in [0.15, 0.2) is 36.5 Å². The van der Waals surface area contributed by atoms with Crippen LogP contribution in [0.1, 0.15) is 0 Å². The molecule has 0 atom stereocenters. The maximum atomic E-state index is 11.6. The molecule has 1 aromatic carbocycles. The summed E-state index contributed by atoms with van der Waals surface area (Å²) >= 11 is 1.06. The predicted octanol–water partition coefficient (Wildman–Crippen LogP) is 1.83. The minimum Gasteiger partial charge on any atom is -0.481 e. The van der Waals surface area contributed by atoms with Crippen LogP contribution in [0.5, 0.6) is 0 Å². The van der Waals surface area contributed by atoms with Crippen LogP contribution in [0.4, 0.5) is 5.69 Å². The smallest absolute Gasteiger partial charge is 0.313 e. The zero-order chi connectivity index (χ0) is 14.4. The van der Waals surface area contributed by atoms with Gasteiger partial charge in [0.25, 0.3) is 0 Å². The Labute approximate surface area is 119 Å². The van der Waals surface area contributed by atoms with Crippen molar-refractivity contribution in [1.82, 2.24) is 10.2 Å². The SMILES string of the molecule is O=C(O)CSCC(=O)Nc1cccc(-c2ccn[nH]2)c1. The van der Waals surface area contributed by atoms with Crippen LogP contribution in [0.25, 0.3) is 11.3 Å². The summed E-state index contributed by atoms with van der Waals surface area (Å²) in [7, 11) is 0. The lowest BCUT2D eigenvalue weighted by Gasteiger charge is -2.06. The van der Waals surface area contributed by atoms with E-state index < -0.39 is 5.97 Å². The van der Waals surface area contributed by atoms with Crippen molar-refractivity contribution in [1.29, 1.82) is 0 Å². The van der Waals surface area contributed by atoms with E-state index in [4.69, 9.17) is 5.11 Å². The molecular formula is C13H13N3O3S. The number of H-pyrrole nitrogens is 1. The van der Waals surface area contributed by atoms with E-state index >= 15 is 0 Å². The fourth-order valence-corrected chi connectivity index (χ4v) is 2.14. The third-order valence-electron chi connectivity index (χ3n) is 2.42. The Morgan fingerprint density at radius 2 is 2.15 bits per heavy atom. The Bertz CT molecular complexity index is 599. The molecule has 0 radical (unpaired) electrons. The summed E-state index contributed by atoms with van der Waals surface area (Å²) in [6.07, 6.45) is 1.66. The molecule has 0 spiro atoms.